The van der Waals surface area contributed by atoms with Crippen molar-refractivity contribution in [3.8, 4) is 0 Å². The van der Waals surface area contributed by atoms with Gasteiger partial charge in [-0.15, -0.1) is 0 Å². The van der Waals surface area contributed by atoms with Crippen molar-refractivity contribution in [2.45, 2.75) is 30.6 Å². The van der Waals surface area contributed by atoms with Crippen molar-refractivity contribution in [1.82, 2.24) is 4.98 Å². The molecule has 2 amide bonds. The van der Waals surface area contributed by atoms with E-state index in [4.69, 9.17) is 5.11 Å². The molecule has 33 heavy (non-hydrogen) atoms. The minimum atomic E-state index is -3.38. The number of carbonyl (C=O) groups excluding carboxylic acids is 1. The van der Waals surface area contributed by atoms with E-state index in [1.165, 1.54) is 23.2 Å². The number of anilines is 3. The van der Waals surface area contributed by atoms with Crippen LogP contribution in [0.4, 0.5) is 20.6 Å². The predicted molar refractivity (Wildman–Crippen MR) is 124 cm³/mol. The van der Waals surface area contributed by atoms with Crippen LogP contribution >= 0.6 is 11.3 Å². The number of nitrogens with zero attached hydrogens (tertiary/aromatic N) is 3. The SMILES string of the molecule is CS(=O)(=O)c1ccc(N(CC2CCCC2)C(=O)Nc2ncc(N(CC(=O)O)S(=O)[O-])s2)cc1. The molecule has 11 nitrogen and oxygen atoms in total. The van der Waals surface area contributed by atoms with Crippen molar-refractivity contribution in [2.24, 2.45) is 5.92 Å². The van der Waals surface area contributed by atoms with Crippen LogP contribution in [-0.2, 0) is 25.9 Å². The molecule has 1 aliphatic rings. The molecule has 0 bridgehead atoms. The van der Waals surface area contributed by atoms with Crippen LogP contribution in [0.1, 0.15) is 25.7 Å². The first-order valence-electron chi connectivity index (χ1n) is 9.98. The number of urea groups is 1. The first-order valence-corrected chi connectivity index (χ1v) is 13.7. The number of hydrogen-bond acceptors (Lipinski definition) is 8. The second-order valence-corrected chi connectivity index (χ2v) is 11.5. The number of aromatic nitrogens is 1. The van der Waals surface area contributed by atoms with Crippen molar-refractivity contribution < 1.29 is 31.9 Å². The van der Waals surface area contributed by atoms with Gasteiger partial charge in [0.25, 0.3) is 0 Å². The van der Waals surface area contributed by atoms with Crippen molar-refractivity contribution >= 4 is 60.3 Å². The molecule has 1 unspecified atom stereocenters. The standard InChI is InChI=1S/C19H24N4O7S3/c1-33(29,30)15-8-6-14(7-9-15)22(11-13-4-2-3-5-13)19(26)21-18-20-10-16(31-18)23(32(27)28)12-17(24)25/h6-10,13H,2-5,11-12H2,1H3,(H,24,25)(H,27,28)(H,20,21,26)/p-1. The van der Waals surface area contributed by atoms with Gasteiger partial charge in [0.2, 0.25) is 0 Å². The molecule has 1 aromatic carbocycles. The maximum absolute atomic E-state index is 13.1. The van der Waals surface area contributed by atoms with Gasteiger partial charge >= 0.3 is 12.0 Å². The van der Waals surface area contributed by atoms with Crippen molar-refractivity contribution in [3.63, 3.8) is 0 Å². The maximum Gasteiger partial charge on any atom is 0.328 e. The van der Waals surface area contributed by atoms with Gasteiger partial charge in [-0.1, -0.05) is 24.2 Å². The third-order valence-corrected chi connectivity index (χ3v) is 8.01. The van der Waals surface area contributed by atoms with E-state index in [2.05, 4.69) is 10.3 Å². The average molecular weight is 516 g/mol. The molecule has 0 saturated heterocycles. The summed E-state index contributed by atoms with van der Waals surface area (Å²) in [5, 5.41) is 11.7. The van der Waals surface area contributed by atoms with E-state index in [0.717, 1.165) is 43.3 Å². The van der Waals surface area contributed by atoms with Gasteiger partial charge in [-0.05, 0) is 43.0 Å². The summed E-state index contributed by atoms with van der Waals surface area (Å²) in [6.45, 7) is -0.343. The Morgan fingerprint density at radius 1 is 1.27 bits per heavy atom. The molecule has 14 heteroatoms. The molecule has 3 rings (SSSR count). The van der Waals surface area contributed by atoms with Gasteiger partial charge in [0, 0.05) is 29.8 Å². The van der Waals surface area contributed by atoms with Gasteiger partial charge in [-0.2, -0.15) is 0 Å². The summed E-state index contributed by atoms with van der Waals surface area (Å²) in [7, 11) is -3.38. The highest BCUT2D eigenvalue weighted by Gasteiger charge is 2.25. The topological polar surface area (TPSA) is 160 Å². The second-order valence-electron chi connectivity index (χ2n) is 7.61. The molecule has 2 aromatic rings. The summed E-state index contributed by atoms with van der Waals surface area (Å²) >= 11 is -2.00. The smallest absolute Gasteiger partial charge is 0.328 e. The monoisotopic (exact) mass is 515 g/mol. The summed E-state index contributed by atoms with van der Waals surface area (Å²) in [4.78, 5) is 29.7. The van der Waals surface area contributed by atoms with Gasteiger partial charge in [-0.25, -0.2) is 18.2 Å². The van der Waals surface area contributed by atoms with Crippen LogP contribution in [0, 0.1) is 5.92 Å². The molecule has 1 heterocycles. The van der Waals surface area contributed by atoms with Crippen LogP contribution in [0.25, 0.3) is 0 Å². The van der Waals surface area contributed by atoms with Crippen molar-refractivity contribution in [3.05, 3.63) is 30.5 Å². The molecule has 2 N–H and O–H groups in total. The quantitative estimate of drug-likeness (QED) is 0.482. The van der Waals surface area contributed by atoms with Crippen molar-refractivity contribution in [2.75, 3.05) is 33.9 Å². The summed E-state index contributed by atoms with van der Waals surface area (Å²) in [6.07, 6.45) is 6.39. The zero-order chi connectivity index (χ0) is 24.2. The highest BCUT2D eigenvalue weighted by molar-refractivity contribution is 7.90. The summed E-state index contributed by atoms with van der Waals surface area (Å²) in [6, 6.07) is 5.49. The Kier molecular flexibility index (Phi) is 8.05. The number of carboxylic acids is 1. The molecular formula is C19H23N4O7S3-. The molecular weight excluding hydrogens is 492 g/mol. The fourth-order valence-electron chi connectivity index (χ4n) is 3.55. The molecule has 1 atom stereocenters. The molecule has 1 fully saturated rings. The Morgan fingerprint density at radius 2 is 1.91 bits per heavy atom. The number of carboxylic acid groups (broad SMARTS) is 1. The third kappa shape index (κ3) is 6.72. The van der Waals surface area contributed by atoms with E-state index in [1.54, 1.807) is 12.1 Å². The minimum Gasteiger partial charge on any atom is -0.755 e. The van der Waals surface area contributed by atoms with Crippen LogP contribution in [-0.4, -0.2) is 58.6 Å². The number of aliphatic carboxylic acids is 1. The van der Waals surface area contributed by atoms with Gasteiger partial charge in [0.05, 0.1) is 11.1 Å². The molecule has 0 aliphatic heterocycles. The van der Waals surface area contributed by atoms with Gasteiger partial charge < -0.3 is 9.66 Å². The Hall–Kier alpha value is -2.55. The second kappa shape index (κ2) is 10.6. The van der Waals surface area contributed by atoms with E-state index >= 15 is 0 Å². The first kappa shape index (κ1) is 25.1. The van der Waals surface area contributed by atoms with E-state index in [-0.39, 0.29) is 15.0 Å². The fraction of sp³-hybridized carbons (Fsp3) is 0.421. The van der Waals surface area contributed by atoms with Crippen molar-refractivity contribution in [1.29, 1.82) is 0 Å². The van der Waals surface area contributed by atoms with Gasteiger partial charge in [0.15, 0.2) is 15.0 Å². The maximum atomic E-state index is 13.1. The number of benzene rings is 1. The number of sulfone groups is 1. The lowest BCUT2D eigenvalue weighted by atomic mass is 10.1. The van der Waals surface area contributed by atoms with E-state index in [1.807, 2.05) is 0 Å². The zero-order valence-electron chi connectivity index (χ0n) is 17.7. The largest absolute Gasteiger partial charge is 0.755 e. The lowest BCUT2D eigenvalue weighted by molar-refractivity contribution is -0.135. The van der Waals surface area contributed by atoms with Crippen LogP contribution in [0.15, 0.2) is 35.4 Å². The molecule has 1 saturated carbocycles. The van der Waals surface area contributed by atoms with Crippen LogP contribution in [0.3, 0.4) is 0 Å². The lowest BCUT2D eigenvalue weighted by Crippen LogP contribution is -2.38. The number of carbonyl (C=O) groups is 2. The summed E-state index contributed by atoms with van der Waals surface area (Å²) < 4.78 is 46.8. The number of rotatable bonds is 9. The van der Waals surface area contributed by atoms with Gasteiger partial charge in [-0.3, -0.25) is 23.5 Å². The fourth-order valence-corrected chi connectivity index (χ4v) is 5.60. The van der Waals surface area contributed by atoms with Crippen LogP contribution in [0.2, 0.25) is 0 Å². The Morgan fingerprint density at radius 3 is 2.45 bits per heavy atom. The zero-order valence-corrected chi connectivity index (χ0v) is 20.1. The molecule has 0 radical (unpaired) electrons. The molecule has 0 spiro atoms. The highest BCUT2D eigenvalue weighted by Crippen LogP contribution is 2.31. The molecule has 1 aromatic heterocycles. The lowest BCUT2D eigenvalue weighted by Gasteiger charge is -2.26. The minimum absolute atomic E-state index is 0.0425. The average Bonchev–Trinajstić information content (AvgIpc) is 3.41. The molecule has 180 valence electrons. The van der Waals surface area contributed by atoms with E-state index < -0.39 is 39.6 Å². The van der Waals surface area contributed by atoms with Crippen LogP contribution in [0.5, 0.6) is 0 Å². The number of nitrogens with one attached hydrogen (secondary N) is 1. The summed E-state index contributed by atoms with van der Waals surface area (Å²) in [5.74, 6) is -1.04. The number of amides is 2. The number of hydrogen-bond donors (Lipinski definition) is 2. The predicted octanol–water partition coefficient (Wildman–Crippen LogP) is 2.46. The summed E-state index contributed by atoms with van der Waals surface area (Å²) in [5.41, 5.74) is 0.511. The number of thiazole rings is 1. The van der Waals surface area contributed by atoms with E-state index in [9.17, 15) is 26.8 Å². The Bertz CT molecular complexity index is 1130. The first-order chi connectivity index (χ1) is 15.5. The normalized spacial score (nSPS) is 15.2. The molecule has 1 aliphatic carbocycles. The Labute approximate surface area is 197 Å². The van der Waals surface area contributed by atoms with Gasteiger partial charge in [0.1, 0.15) is 11.5 Å². The Balaban J connectivity index is 1.81. The third-order valence-electron chi connectivity index (χ3n) is 5.15. The van der Waals surface area contributed by atoms with E-state index in [0.29, 0.717) is 22.5 Å². The van der Waals surface area contributed by atoms with Crippen LogP contribution < -0.4 is 14.5 Å². The highest BCUT2D eigenvalue weighted by atomic mass is 32.2.